The molecule has 3 N–H and O–H groups in total. The highest BCUT2D eigenvalue weighted by Crippen LogP contribution is 2.36. The van der Waals surface area contributed by atoms with Crippen molar-refractivity contribution in [1.82, 2.24) is 15.5 Å². The average molecular weight is 538 g/mol. The Hall–Kier alpha value is -2.99. The lowest BCUT2D eigenvalue weighted by atomic mass is 9.95. The summed E-state index contributed by atoms with van der Waals surface area (Å²) in [5.74, 6) is -0.792. The van der Waals surface area contributed by atoms with Crippen LogP contribution >= 0.6 is 11.8 Å². The first-order chi connectivity index (χ1) is 16.8. The monoisotopic (exact) mass is 537 g/mol. The van der Waals surface area contributed by atoms with Gasteiger partial charge in [0.2, 0.25) is 5.91 Å². The second-order valence-corrected chi connectivity index (χ2v) is 8.63. The van der Waals surface area contributed by atoms with Gasteiger partial charge in [-0.2, -0.15) is 26.3 Å². The molecule has 13 heteroatoms. The second kappa shape index (κ2) is 11.0. The zero-order chi connectivity index (χ0) is 26.6. The van der Waals surface area contributed by atoms with Gasteiger partial charge in [-0.1, -0.05) is 30.3 Å². The molecule has 0 aliphatic heterocycles. The van der Waals surface area contributed by atoms with Gasteiger partial charge in [-0.25, -0.2) is 9.63 Å². The molecule has 1 saturated carbocycles. The number of halogens is 7. The molecule has 0 saturated heterocycles. The van der Waals surface area contributed by atoms with Crippen LogP contribution < -0.4 is 15.5 Å². The van der Waals surface area contributed by atoms with Gasteiger partial charge >= 0.3 is 18.4 Å². The number of hydrogen-bond acceptors (Lipinski definition) is 4. The molecule has 1 aliphatic carbocycles. The van der Waals surface area contributed by atoms with Crippen LogP contribution in [0.4, 0.5) is 31.1 Å². The number of rotatable bonds is 7. The van der Waals surface area contributed by atoms with Gasteiger partial charge in [-0.05, 0) is 60.4 Å². The standard InChI is InChI=1S/C23H22ClF6N3O3/c24-33-18-6-7-21(11-18,32-20(35)36-13-14-4-2-1-3-5-14)19(34)31-12-15-8-16(22(25,26)27)10-17(9-15)23(28,29)30/h1-5,8-10,18,33H,6-7,11-13H2,(H,31,34)(H,32,35)/t18-,21-/m1/s1. The van der Waals surface area contributed by atoms with Gasteiger partial charge in [0.05, 0.1) is 11.1 Å². The van der Waals surface area contributed by atoms with Gasteiger partial charge in [0.25, 0.3) is 0 Å². The summed E-state index contributed by atoms with van der Waals surface area (Å²) < 4.78 is 83.9. The summed E-state index contributed by atoms with van der Waals surface area (Å²) in [4.78, 5) is 28.0. The van der Waals surface area contributed by atoms with Crippen molar-refractivity contribution in [2.45, 2.75) is 56.3 Å². The zero-order valence-electron chi connectivity index (χ0n) is 18.6. The quantitative estimate of drug-likeness (QED) is 0.331. The van der Waals surface area contributed by atoms with E-state index >= 15 is 0 Å². The van der Waals surface area contributed by atoms with Crippen molar-refractivity contribution in [3.8, 4) is 0 Å². The summed E-state index contributed by atoms with van der Waals surface area (Å²) >= 11 is 5.67. The maximum atomic E-state index is 13.1. The van der Waals surface area contributed by atoms with E-state index < -0.39 is 53.1 Å². The van der Waals surface area contributed by atoms with Crippen molar-refractivity contribution in [3.63, 3.8) is 0 Å². The molecule has 2 aromatic rings. The Morgan fingerprint density at radius 2 is 1.58 bits per heavy atom. The largest absolute Gasteiger partial charge is 0.445 e. The van der Waals surface area contributed by atoms with Gasteiger partial charge in [-0.3, -0.25) is 4.79 Å². The number of benzene rings is 2. The summed E-state index contributed by atoms with van der Waals surface area (Å²) in [6.45, 7) is -0.709. The van der Waals surface area contributed by atoms with E-state index in [-0.39, 0.29) is 31.6 Å². The lowest BCUT2D eigenvalue weighted by Crippen LogP contribution is -2.57. The molecule has 0 unspecified atom stereocenters. The van der Waals surface area contributed by atoms with Crippen LogP contribution in [0.5, 0.6) is 0 Å². The SMILES string of the molecule is O=C(N[C@]1(C(=O)NCc2cc(C(F)(F)F)cc(C(F)(F)F)c2)CC[C@@H](NCl)C1)OCc1ccccc1. The molecule has 1 aliphatic rings. The van der Waals surface area contributed by atoms with Crippen LogP contribution in [0.2, 0.25) is 0 Å². The van der Waals surface area contributed by atoms with Crippen LogP contribution in [-0.2, 0) is 35.0 Å². The van der Waals surface area contributed by atoms with E-state index in [9.17, 15) is 35.9 Å². The molecule has 0 aromatic heterocycles. The van der Waals surface area contributed by atoms with Crippen molar-refractivity contribution in [3.05, 3.63) is 70.8 Å². The minimum absolute atomic E-state index is 0.00478. The first-order valence-electron chi connectivity index (χ1n) is 10.7. The molecule has 2 aromatic carbocycles. The molecule has 0 radical (unpaired) electrons. The molecule has 1 fully saturated rings. The Labute approximate surface area is 207 Å². The molecule has 6 nitrogen and oxygen atoms in total. The van der Waals surface area contributed by atoms with Crippen LogP contribution in [0.25, 0.3) is 0 Å². The minimum atomic E-state index is -5.02. The van der Waals surface area contributed by atoms with E-state index in [0.717, 1.165) is 0 Å². The van der Waals surface area contributed by atoms with E-state index in [1.165, 1.54) is 0 Å². The van der Waals surface area contributed by atoms with Crippen LogP contribution in [0.15, 0.2) is 48.5 Å². The Balaban J connectivity index is 1.74. The fourth-order valence-corrected chi connectivity index (χ4v) is 4.13. The predicted molar refractivity (Wildman–Crippen MR) is 117 cm³/mol. The molecule has 2 amide bonds. The number of alkyl carbamates (subject to hydrolysis) is 1. The third kappa shape index (κ3) is 7.03. The number of hydrogen-bond donors (Lipinski definition) is 3. The van der Waals surface area contributed by atoms with E-state index in [4.69, 9.17) is 16.5 Å². The van der Waals surface area contributed by atoms with Crippen LogP contribution in [0.3, 0.4) is 0 Å². The van der Waals surface area contributed by atoms with Crippen molar-refractivity contribution >= 4 is 23.8 Å². The number of ether oxygens (including phenoxy) is 1. The van der Waals surface area contributed by atoms with Gasteiger partial charge in [0, 0.05) is 12.6 Å². The number of carbonyl (C=O) groups is 2. The van der Waals surface area contributed by atoms with Crippen molar-refractivity contribution in [1.29, 1.82) is 0 Å². The third-order valence-corrected chi connectivity index (χ3v) is 6.07. The fraction of sp³-hybridized carbons (Fsp3) is 0.391. The molecular formula is C23H22ClF6N3O3. The Morgan fingerprint density at radius 3 is 2.11 bits per heavy atom. The first kappa shape index (κ1) is 27.6. The zero-order valence-corrected chi connectivity index (χ0v) is 19.4. The predicted octanol–water partition coefficient (Wildman–Crippen LogP) is 5.30. The van der Waals surface area contributed by atoms with Crippen LogP contribution in [0.1, 0.15) is 41.5 Å². The summed E-state index contributed by atoms with van der Waals surface area (Å²) in [7, 11) is 0. The lowest BCUT2D eigenvalue weighted by Gasteiger charge is -2.29. The van der Waals surface area contributed by atoms with Gasteiger partial charge in [0.1, 0.15) is 12.1 Å². The maximum absolute atomic E-state index is 13.1. The van der Waals surface area contributed by atoms with E-state index in [2.05, 4.69) is 15.5 Å². The van der Waals surface area contributed by atoms with Crippen LogP contribution in [-0.4, -0.2) is 23.6 Å². The first-order valence-corrected chi connectivity index (χ1v) is 11.1. The minimum Gasteiger partial charge on any atom is -0.445 e. The van der Waals surface area contributed by atoms with E-state index in [1.54, 1.807) is 30.3 Å². The molecule has 36 heavy (non-hydrogen) atoms. The molecule has 0 heterocycles. The van der Waals surface area contributed by atoms with Crippen LogP contribution in [0, 0.1) is 0 Å². The maximum Gasteiger partial charge on any atom is 0.416 e. The highest BCUT2D eigenvalue weighted by Gasteiger charge is 2.47. The smallest absolute Gasteiger partial charge is 0.416 e. The lowest BCUT2D eigenvalue weighted by molar-refractivity contribution is -0.143. The summed E-state index contributed by atoms with van der Waals surface area (Å²) in [6, 6.07) is 9.41. The topological polar surface area (TPSA) is 79.5 Å². The summed E-state index contributed by atoms with van der Waals surface area (Å²) in [5, 5.41) is 4.85. The number of nitrogens with one attached hydrogen (secondary N) is 3. The van der Waals surface area contributed by atoms with Gasteiger partial charge in [-0.15, -0.1) is 0 Å². The fourth-order valence-electron chi connectivity index (χ4n) is 3.94. The highest BCUT2D eigenvalue weighted by atomic mass is 35.5. The Kier molecular flexibility index (Phi) is 8.40. The van der Waals surface area contributed by atoms with E-state index in [0.29, 0.717) is 24.1 Å². The molecule has 0 spiro atoms. The number of carbonyl (C=O) groups excluding carboxylic acids is 2. The molecule has 2 atom stereocenters. The molecule has 3 rings (SSSR count). The third-order valence-electron chi connectivity index (χ3n) is 5.76. The average Bonchev–Trinajstić information content (AvgIpc) is 3.25. The van der Waals surface area contributed by atoms with E-state index in [1.807, 2.05) is 0 Å². The Bertz CT molecular complexity index is 1050. The normalized spacial score (nSPS) is 20.1. The Morgan fingerprint density at radius 1 is 0.972 bits per heavy atom. The summed E-state index contributed by atoms with van der Waals surface area (Å²) in [5.41, 5.74) is -4.23. The highest BCUT2D eigenvalue weighted by molar-refractivity contribution is 6.13. The summed E-state index contributed by atoms with van der Waals surface area (Å²) in [6.07, 6.45) is -10.4. The van der Waals surface area contributed by atoms with Crippen molar-refractivity contribution < 1.29 is 40.7 Å². The molecular weight excluding hydrogens is 516 g/mol. The van der Waals surface area contributed by atoms with Gasteiger partial charge < -0.3 is 15.4 Å². The second-order valence-electron chi connectivity index (χ2n) is 8.41. The van der Waals surface area contributed by atoms with Crippen molar-refractivity contribution in [2.24, 2.45) is 0 Å². The van der Waals surface area contributed by atoms with Crippen molar-refractivity contribution in [2.75, 3.05) is 0 Å². The molecule has 196 valence electrons. The molecule has 0 bridgehead atoms. The number of amides is 2. The van der Waals surface area contributed by atoms with Gasteiger partial charge in [0.15, 0.2) is 0 Å². The number of alkyl halides is 6.